The summed E-state index contributed by atoms with van der Waals surface area (Å²) < 4.78 is 24.4. The Labute approximate surface area is 204 Å². The lowest BCUT2D eigenvalue weighted by Gasteiger charge is -2.40. The second kappa shape index (κ2) is 10.3. The number of carboxylic acids is 1. The monoisotopic (exact) mass is 489 g/mol. The number of carbonyl (C=O) groups excluding carboxylic acids is 2. The van der Waals surface area contributed by atoms with Gasteiger partial charge in [-0.15, -0.1) is 0 Å². The minimum absolute atomic E-state index is 0.319. The van der Waals surface area contributed by atoms with Crippen molar-refractivity contribution in [1.29, 1.82) is 0 Å². The maximum Gasteiger partial charge on any atom is 0.420 e. The number of nitrogens with zero attached hydrogens (tertiary/aromatic N) is 3. The summed E-state index contributed by atoms with van der Waals surface area (Å²) in [6, 6.07) is 10.3. The van der Waals surface area contributed by atoms with Crippen molar-refractivity contribution in [3.8, 4) is 0 Å². The van der Waals surface area contributed by atoms with Crippen molar-refractivity contribution >= 4 is 29.7 Å². The number of imide groups is 1. The number of ether oxygens (including phenoxy) is 2. The number of benzene rings is 1. The van der Waals surface area contributed by atoms with Gasteiger partial charge in [-0.3, -0.25) is 0 Å². The van der Waals surface area contributed by atoms with Gasteiger partial charge in [-0.05, 0) is 84.9 Å². The van der Waals surface area contributed by atoms with Gasteiger partial charge in [-0.1, -0.05) is 6.07 Å². The van der Waals surface area contributed by atoms with Gasteiger partial charge < -0.3 is 19.5 Å². The van der Waals surface area contributed by atoms with Crippen molar-refractivity contribution in [3.63, 3.8) is 0 Å². The van der Waals surface area contributed by atoms with E-state index in [2.05, 4.69) is 4.98 Å². The van der Waals surface area contributed by atoms with E-state index >= 15 is 0 Å². The van der Waals surface area contributed by atoms with Crippen LogP contribution in [-0.2, 0) is 14.3 Å². The Morgan fingerprint density at radius 1 is 0.886 bits per heavy atom. The number of aliphatic carboxylic acids is 1. The molecule has 1 unspecified atom stereocenters. The first-order valence-corrected chi connectivity index (χ1v) is 11.0. The van der Waals surface area contributed by atoms with Crippen LogP contribution >= 0.6 is 0 Å². The van der Waals surface area contributed by atoms with Crippen LogP contribution in [0.1, 0.15) is 48.5 Å². The predicted octanol–water partition coefficient (Wildman–Crippen LogP) is 5.37. The lowest BCUT2D eigenvalue weighted by atomic mass is 9.99. The van der Waals surface area contributed by atoms with Gasteiger partial charge in [0.1, 0.15) is 22.8 Å². The highest BCUT2D eigenvalue weighted by atomic mass is 19.1. The van der Waals surface area contributed by atoms with Crippen molar-refractivity contribution < 1.29 is 33.4 Å². The number of amides is 2. The van der Waals surface area contributed by atoms with Gasteiger partial charge in [0.15, 0.2) is 5.54 Å². The first-order chi connectivity index (χ1) is 16.0. The topological polar surface area (TPSA) is 109 Å². The SMILES string of the molecule is CC(C)(C)OC(=O)N(C(=O)OC(C)(C)C)C(C)(CN(c1ccc(F)cc1)c1ccccn1)C(=O)O. The molecule has 0 aliphatic rings. The minimum atomic E-state index is -2.18. The van der Waals surface area contributed by atoms with Gasteiger partial charge in [0.05, 0.1) is 6.54 Å². The van der Waals surface area contributed by atoms with Gasteiger partial charge in [0.25, 0.3) is 0 Å². The van der Waals surface area contributed by atoms with E-state index in [1.165, 1.54) is 42.3 Å². The number of aromatic nitrogens is 1. The van der Waals surface area contributed by atoms with E-state index in [1.807, 2.05) is 0 Å². The number of hydrogen-bond acceptors (Lipinski definition) is 7. The molecule has 1 heterocycles. The Hall–Kier alpha value is -3.69. The molecule has 0 fully saturated rings. The van der Waals surface area contributed by atoms with E-state index in [9.17, 15) is 23.9 Å². The zero-order chi connectivity index (χ0) is 26.6. The molecule has 35 heavy (non-hydrogen) atoms. The highest BCUT2D eigenvalue weighted by Crippen LogP contribution is 2.30. The number of pyridine rings is 1. The van der Waals surface area contributed by atoms with Crippen LogP contribution in [0.5, 0.6) is 0 Å². The predicted molar refractivity (Wildman–Crippen MR) is 128 cm³/mol. The highest BCUT2D eigenvalue weighted by Gasteiger charge is 2.51. The van der Waals surface area contributed by atoms with Crippen LogP contribution in [0.25, 0.3) is 0 Å². The van der Waals surface area contributed by atoms with Crippen LogP contribution in [0.4, 0.5) is 25.5 Å². The fourth-order valence-corrected chi connectivity index (χ4v) is 3.07. The molecule has 2 amide bonds. The van der Waals surface area contributed by atoms with Crippen molar-refractivity contribution in [3.05, 3.63) is 54.5 Å². The molecular formula is C25H32FN3O6. The molecule has 1 atom stereocenters. The molecular weight excluding hydrogens is 457 g/mol. The van der Waals surface area contributed by atoms with E-state index in [0.29, 0.717) is 16.4 Å². The summed E-state index contributed by atoms with van der Waals surface area (Å²) in [6.07, 6.45) is -0.864. The Balaban J connectivity index is 2.65. The molecule has 0 aliphatic carbocycles. The summed E-state index contributed by atoms with van der Waals surface area (Å²) in [7, 11) is 0. The number of rotatable bonds is 6. The van der Waals surface area contributed by atoms with Gasteiger partial charge in [-0.2, -0.15) is 4.90 Å². The first-order valence-electron chi connectivity index (χ1n) is 11.0. The van der Waals surface area contributed by atoms with Crippen LogP contribution in [0, 0.1) is 5.82 Å². The number of hydrogen-bond donors (Lipinski definition) is 1. The van der Waals surface area contributed by atoms with Gasteiger partial charge in [0, 0.05) is 11.9 Å². The highest BCUT2D eigenvalue weighted by molar-refractivity contribution is 5.96. The quantitative estimate of drug-likeness (QED) is 0.576. The molecule has 1 aromatic heterocycles. The lowest BCUT2D eigenvalue weighted by molar-refractivity contribution is -0.149. The smallest absolute Gasteiger partial charge is 0.420 e. The normalized spacial score (nSPS) is 13.4. The van der Waals surface area contributed by atoms with Crippen LogP contribution in [0.15, 0.2) is 48.7 Å². The summed E-state index contributed by atoms with van der Waals surface area (Å²) >= 11 is 0. The second-order valence-electron chi connectivity index (χ2n) is 10.1. The standard InChI is InChI=1S/C25H32FN3O6/c1-23(2,3)34-21(32)29(22(33)35-24(4,5)6)25(7,20(30)31)16-28(19-10-8-9-15-27-19)18-13-11-17(26)12-14-18/h8-15H,16H2,1-7H3,(H,30,31). The Kier molecular flexibility index (Phi) is 8.10. The van der Waals surface area contributed by atoms with Crippen molar-refractivity contribution in [2.45, 2.75) is 65.2 Å². The zero-order valence-electron chi connectivity index (χ0n) is 21.0. The Morgan fingerprint density at radius 2 is 1.40 bits per heavy atom. The number of carbonyl (C=O) groups is 3. The molecule has 0 aliphatic heterocycles. The molecule has 0 bridgehead atoms. The Morgan fingerprint density at radius 3 is 1.80 bits per heavy atom. The fourth-order valence-electron chi connectivity index (χ4n) is 3.07. The van der Waals surface area contributed by atoms with Gasteiger partial charge >= 0.3 is 18.2 Å². The maximum absolute atomic E-state index is 13.6. The molecule has 2 rings (SSSR count). The van der Waals surface area contributed by atoms with Crippen LogP contribution < -0.4 is 4.90 Å². The molecule has 0 spiro atoms. The van der Waals surface area contributed by atoms with Crippen LogP contribution in [0.2, 0.25) is 0 Å². The zero-order valence-corrected chi connectivity index (χ0v) is 21.0. The average molecular weight is 490 g/mol. The van der Waals surface area contributed by atoms with E-state index in [0.717, 1.165) is 0 Å². The summed E-state index contributed by atoms with van der Waals surface area (Å²) in [4.78, 5) is 45.3. The fraction of sp³-hybridized carbons (Fsp3) is 0.440. The molecule has 0 radical (unpaired) electrons. The number of carboxylic acid groups (broad SMARTS) is 1. The van der Waals surface area contributed by atoms with Gasteiger partial charge in [0.2, 0.25) is 0 Å². The molecule has 1 aromatic carbocycles. The van der Waals surface area contributed by atoms with Gasteiger partial charge in [-0.25, -0.2) is 23.8 Å². The number of halogens is 1. The lowest BCUT2D eigenvalue weighted by Crippen LogP contribution is -2.63. The molecule has 1 N–H and O–H groups in total. The van der Waals surface area contributed by atoms with Crippen LogP contribution in [-0.4, -0.2) is 56.4 Å². The maximum atomic E-state index is 13.6. The third-order valence-electron chi connectivity index (χ3n) is 4.64. The molecule has 0 saturated carbocycles. The summed E-state index contributed by atoms with van der Waals surface area (Å²) in [6.45, 7) is 10.3. The molecule has 190 valence electrons. The van der Waals surface area contributed by atoms with Crippen LogP contribution in [0.3, 0.4) is 0 Å². The van der Waals surface area contributed by atoms with Crippen molar-refractivity contribution in [2.24, 2.45) is 0 Å². The van der Waals surface area contributed by atoms with E-state index in [-0.39, 0.29) is 0 Å². The first kappa shape index (κ1) is 27.6. The van der Waals surface area contributed by atoms with E-state index in [4.69, 9.17) is 9.47 Å². The van der Waals surface area contributed by atoms with Crippen molar-refractivity contribution in [1.82, 2.24) is 9.88 Å². The molecule has 0 saturated heterocycles. The third kappa shape index (κ3) is 7.40. The van der Waals surface area contributed by atoms with Crippen molar-refractivity contribution in [2.75, 3.05) is 11.4 Å². The average Bonchev–Trinajstić information content (AvgIpc) is 2.70. The molecule has 2 aromatic rings. The summed E-state index contributed by atoms with van der Waals surface area (Å²) in [5.74, 6) is -1.66. The summed E-state index contributed by atoms with van der Waals surface area (Å²) in [5.41, 5.74) is -3.83. The second-order valence-corrected chi connectivity index (χ2v) is 10.1. The summed E-state index contributed by atoms with van der Waals surface area (Å²) in [5, 5.41) is 10.3. The van der Waals surface area contributed by atoms with E-state index < -0.39 is 47.3 Å². The largest absolute Gasteiger partial charge is 0.479 e. The van der Waals surface area contributed by atoms with E-state index in [1.54, 1.807) is 59.7 Å². The minimum Gasteiger partial charge on any atom is -0.479 e. The molecule has 9 nitrogen and oxygen atoms in total. The Bertz CT molecular complexity index is 1020. The third-order valence-corrected chi connectivity index (χ3v) is 4.64. The molecule has 10 heteroatoms. The number of anilines is 2.